The summed E-state index contributed by atoms with van der Waals surface area (Å²) >= 11 is 4.20. The van der Waals surface area contributed by atoms with E-state index < -0.39 is 60.3 Å². The van der Waals surface area contributed by atoms with E-state index in [1.54, 1.807) is 0 Å². The Kier molecular flexibility index (Phi) is 17.5. The smallest absolute Gasteiger partial charge is 0.407 e. The molecule has 0 unspecified atom stereocenters. The molecule has 0 aromatic heterocycles. The first-order chi connectivity index (χ1) is 20.7. The number of hydrogen-bond acceptors (Lipinski definition) is 8. The molecule has 1 rings (SSSR count). The summed E-state index contributed by atoms with van der Waals surface area (Å²) in [4.78, 5) is 73.2. The van der Waals surface area contributed by atoms with Gasteiger partial charge in [0.2, 0.25) is 17.7 Å². The maximum absolute atomic E-state index is 13.2. The van der Waals surface area contributed by atoms with Gasteiger partial charge in [-0.1, -0.05) is 52.0 Å². The molecular formula is C30H46N4O9S. The van der Waals surface area contributed by atoms with Gasteiger partial charge in [-0.3, -0.25) is 24.0 Å². The third-order valence-corrected chi connectivity index (χ3v) is 6.69. The van der Waals surface area contributed by atoms with Gasteiger partial charge < -0.3 is 36.2 Å². The summed E-state index contributed by atoms with van der Waals surface area (Å²) in [5, 5.41) is 28.3. The second-order valence-corrected chi connectivity index (χ2v) is 11.7. The number of nitrogens with one attached hydrogen (secondary N) is 4. The highest BCUT2D eigenvalue weighted by molar-refractivity contribution is 7.80. The fourth-order valence-electron chi connectivity index (χ4n) is 3.98. The number of aliphatic carboxylic acids is 2. The number of ether oxygens (including phenoxy) is 1. The first-order valence-electron chi connectivity index (χ1n) is 14.7. The Hall–Kier alpha value is -3.81. The van der Waals surface area contributed by atoms with Gasteiger partial charge in [-0.15, -0.1) is 0 Å². The molecule has 3 atom stereocenters. The topological polar surface area (TPSA) is 200 Å². The van der Waals surface area contributed by atoms with Crippen molar-refractivity contribution < 1.29 is 43.7 Å². The van der Waals surface area contributed by atoms with E-state index in [0.29, 0.717) is 12.8 Å². The summed E-state index contributed by atoms with van der Waals surface area (Å²) in [6.07, 6.45) is -0.309. The molecule has 0 spiro atoms. The van der Waals surface area contributed by atoms with Crippen LogP contribution in [0.5, 0.6) is 0 Å². The molecule has 44 heavy (non-hydrogen) atoms. The molecule has 1 aromatic rings. The Morgan fingerprint density at radius 1 is 0.727 bits per heavy atom. The van der Waals surface area contributed by atoms with Crippen LogP contribution in [0, 0.1) is 11.8 Å². The van der Waals surface area contributed by atoms with Crippen LogP contribution in [0.1, 0.15) is 64.5 Å². The van der Waals surface area contributed by atoms with E-state index in [1.165, 1.54) is 0 Å². The second kappa shape index (κ2) is 20.2. The molecule has 0 fully saturated rings. The summed E-state index contributed by atoms with van der Waals surface area (Å²) in [5.74, 6) is -3.87. The highest BCUT2D eigenvalue weighted by atomic mass is 32.1. The number of aryl methyl sites for hydroxylation is 1. The Morgan fingerprint density at radius 2 is 1.27 bits per heavy atom. The van der Waals surface area contributed by atoms with Crippen LogP contribution in [0.2, 0.25) is 0 Å². The van der Waals surface area contributed by atoms with Gasteiger partial charge in [0.05, 0.1) is 6.61 Å². The van der Waals surface area contributed by atoms with Crippen molar-refractivity contribution >= 4 is 48.4 Å². The number of benzene rings is 1. The molecule has 6 N–H and O–H groups in total. The molecular weight excluding hydrogens is 592 g/mol. The number of rotatable bonds is 20. The molecule has 0 saturated heterocycles. The van der Waals surface area contributed by atoms with Gasteiger partial charge in [0.15, 0.2) is 0 Å². The van der Waals surface area contributed by atoms with Gasteiger partial charge in [0.25, 0.3) is 0 Å². The third-order valence-electron chi connectivity index (χ3n) is 6.32. The van der Waals surface area contributed by atoms with Crippen molar-refractivity contribution in [3.05, 3.63) is 35.4 Å². The maximum Gasteiger partial charge on any atom is 0.407 e. The van der Waals surface area contributed by atoms with Crippen molar-refractivity contribution in [2.45, 2.75) is 84.3 Å². The van der Waals surface area contributed by atoms with Gasteiger partial charge >= 0.3 is 18.0 Å². The summed E-state index contributed by atoms with van der Waals surface area (Å²) in [6, 6.07) is 4.09. The first kappa shape index (κ1) is 38.2. The number of hydrogen-bond donors (Lipinski definition) is 7. The van der Waals surface area contributed by atoms with Gasteiger partial charge in [0, 0.05) is 25.1 Å². The van der Waals surface area contributed by atoms with E-state index in [2.05, 4.69) is 33.9 Å². The number of carboxylic acid groups (broad SMARTS) is 2. The maximum atomic E-state index is 13.2. The normalized spacial score (nSPS) is 13.0. The highest BCUT2D eigenvalue weighted by Gasteiger charge is 2.30. The van der Waals surface area contributed by atoms with Crippen LogP contribution in [0.25, 0.3) is 0 Å². The monoisotopic (exact) mass is 638 g/mol. The van der Waals surface area contributed by atoms with Gasteiger partial charge in [-0.2, -0.15) is 12.6 Å². The Labute approximate surface area is 263 Å². The lowest BCUT2D eigenvalue weighted by atomic mass is 10.0. The Balaban J connectivity index is 2.81. The predicted octanol–water partition coefficient (Wildman–Crippen LogP) is 1.92. The molecule has 0 aliphatic carbocycles. The molecule has 0 aliphatic rings. The van der Waals surface area contributed by atoms with Crippen LogP contribution in [-0.4, -0.2) is 83.0 Å². The quantitative estimate of drug-likeness (QED) is 0.104. The molecule has 246 valence electrons. The van der Waals surface area contributed by atoms with Crippen LogP contribution in [0.3, 0.4) is 0 Å². The standard InChI is InChI=1S/C30H46N4O9S/c1-18(2)15-23(32-28(40)22(10-12-26(37)38)34-30(42)43-16-19(3)4)29(41)33-24(17-44)27(39)31-14-13-21-7-5-20(6-8-21)9-11-25(35)36/h5-8,18-19,22-24,44H,9-17H2,1-4H3,(H,31,39)(H,32,40)(H,33,41)(H,34,42)(H,35,36)(H,37,38)/t22-,23-,24-/m0/s1. The fraction of sp³-hybridized carbons (Fsp3) is 0.600. The van der Waals surface area contributed by atoms with Crippen molar-refractivity contribution in [3.8, 4) is 0 Å². The number of carbonyl (C=O) groups excluding carboxylic acids is 4. The highest BCUT2D eigenvalue weighted by Crippen LogP contribution is 2.09. The lowest BCUT2D eigenvalue weighted by Crippen LogP contribution is -2.57. The van der Waals surface area contributed by atoms with Crippen molar-refractivity contribution in [2.24, 2.45) is 11.8 Å². The largest absolute Gasteiger partial charge is 0.481 e. The van der Waals surface area contributed by atoms with E-state index in [4.69, 9.17) is 14.9 Å². The van der Waals surface area contributed by atoms with E-state index >= 15 is 0 Å². The number of thiol groups is 1. The SMILES string of the molecule is CC(C)COC(=O)N[C@@H](CCC(=O)O)C(=O)N[C@@H](CC(C)C)C(=O)N[C@@H](CS)C(=O)NCCc1ccc(CCC(=O)O)cc1. The van der Waals surface area contributed by atoms with Crippen LogP contribution in [0.4, 0.5) is 4.79 Å². The molecule has 1 aromatic carbocycles. The summed E-state index contributed by atoms with van der Waals surface area (Å²) in [6.45, 7) is 7.74. The lowest BCUT2D eigenvalue weighted by Gasteiger charge is -2.25. The zero-order chi connectivity index (χ0) is 33.2. The lowest BCUT2D eigenvalue weighted by molar-refractivity contribution is -0.138. The van der Waals surface area contributed by atoms with Crippen LogP contribution >= 0.6 is 12.6 Å². The van der Waals surface area contributed by atoms with Crippen molar-refractivity contribution in [2.75, 3.05) is 18.9 Å². The predicted molar refractivity (Wildman–Crippen MR) is 166 cm³/mol. The Morgan fingerprint density at radius 3 is 1.80 bits per heavy atom. The van der Waals surface area contributed by atoms with Gasteiger partial charge in [-0.25, -0.2) is 4.79 Å². The van der Waals surface area contributed by atoms with E-state index in [1.807, 2.05) is 52.0 Å². The molecule has 0 bridgehead atoms. The van der Waals surface area contributed by atoms with Crippen molar-refractivity contribution in [3.63, 3.8) is 0 Å². The van der Waals surface area contributed by atoms with Gasteiger partial charge in [0.1, 0.15) is 18.1 Å². The average Bonchev–Trinajstić information content (AvgIpc) is 2.95. The molecule has 0 aliphatic heterocycles. The van der Waals surface area contributed by atoms with Gasteiger partial charge in [-0.05, 0) is 48.6 Å². The van der Waals surface area contributed by atoms with Crippen LogP contribution in [0.15, 0.2) is 24.3 Å². The van der Waals surface area contributed by atoms with Crippen molar-refractivity contribution in [1.29, 1.82) is 0 Å². The average molecular weight is 639 g/mol. The molecule has 0 heterocycles. The Bertz CT molecular complexity index is 1110. The number of alkyl carbamates (subject to hydrolysis) is 1. The van der Waals surface area contributed by atoms with Crippen LogP contribution < -0.4 is 21.3 Å². The molecule has 14 heteroatoms. The minimum absolute atomic E-state index is 0.0112. The minimum atomic E-state index is -1.26. The summed E-state index contributed by atoms with van der Waals surface area (Å²) in [5.41, 5.74) is 1.84. The molecule has 0 saturated carbocycles. The minimum Gasteiger partial charge on any atom is -0.481 e. The van der Waals surface area contributed by atoms with Crippen LogP contribution in [-0.2, 0) is 41.6 Å². The number of carboxylic acids is 2. The number of amides is 4. The first-order valence-corrected chi connectivity index (χ1v) is 15.3. The van der Waals surface area contributed by atoms with E-state index in [-0.39, 0.29) is 50.0 Å². The molecule has 13 nitrogen and oxygen atoms in total. The van der Waals surface area contributed by atoms with E-state index in [0.717, 1.165) is 11.1 Å². The fourth-order valence-corrected chi connectivity index (χ4v) is 4.24. The second-order valence-electron chi connectivity index (χ2n) is 11.3. The molecule has 0 radical (unpaired) electrons. The van der Waals surface area contributed by atoms with Crippen molar-refractivity contribution in [1.82, 2.24) is 21.3 Å². The zero-order valence-corrected chi connectivity index (χ0v) is 26.7. The van der Waals surface area contributed by atoms with E-state index in [9.17, 15) is 28.8 Å². The number of carbonyl (C=O) groups is 6. The zero-order valence-electron chi connectivity index (χ0n) is 25.8. The summed E-state index contributed by atoms with van der Waals surface area (Å²) in [7, 11) is 0. The third kappa shape index (κ3) is 16.1. The molecule has 4 amide bonds. The summed E-state index contributed by atoms with van der Waals surface area (Å²) < 4.78 is 5.06.